The van der Waals surface area contributed by atoms with Crippen LogP contribution in [0.5, 0.6) is 0 Å². The number of nitrogens with zero attached hydrogens (tertiary/aromatic N) is 1. The molecule has 0 radical (unpaired) electrons. The fourth-order valence-electron chi connectivity index (χ4n) is 1.91. The molecule has 0 unspecified atom stereocenters. The maximum absolute atomic E-state index is 11.0. The van der Waals surface area contributed by atoms with Crippen molar-refractivity contribution in [3.05, 3.63) is 41.1 Å². The fourth-order valence-corrected chi connectivity index (χ4v) is 1.91. The lowest BCUT2D eigenvalue weighted by Crippen LogP contribution is -2.27. The minimum Gasteiger partial charge on any atom is -0.785 e. The van der Waals surface area contributed by atoms with Gasteiger partial charge in [0.05, 0.1) is 0 Å². The summed E-state index contributed by atoms with van der Waals surface area (Å²) in [6.07, 6.45) is 2.01. The molecule has 1 aliphatic rings. The topological polar surface area (TPSA) is 26.3 Å². The lowest BCUT2D eigenvalue weighted by molar-refractivity contribution is 0.285. The molecular formula is C11H14NO-. The molecule has 1 fully saturated rings. The van der Waals surface area contributed by atoms with Crippen LogP contribution in [0.3, 0.4) is 0 Å². The highest BCUT2D eigenvalue weighted by atomic mass is 16.5. The van der Waals surface area contributed by atoms with Gasteiger partial charge in [-0.05, 0) is 37.4 Å². The number of hydrogen-bond donors (Lipinski definition) is 0. The Morgan fingerprint density at radius 2 is 1.69 bits per heavy atom. The third kappa shape index (κ3) is 2.08. The van der Waals surface area contributed by atoms with Crippen molar-refractivity contribution in [1.29, 1.82) is 0 Å². The Morgan fingerprint density at radius 3 is 2.31 bits per heavy atom. The lowest BCUT2D eigenvalue weighted by Gasteiger charge is -2.36. The summed E-state index contributed by atoms with van der Waals surface area (Å²) in [6, 6.07) is 10.5. The second-order valence-corrected chi connectivity index (χ2v) is 3.61. The molecule has 0 spiro atoms. The van der Waals surface area contributed by atoms with Crippen LogP contribution in [0.25, 0.3) is 0 Å². The van der Waals surface area contributed by atoms with Crippen LogP contribution in [-0.2, 0) is 0 Å². The molecule has 1 aliphatic heterocycles. The molecule has 70 valence electrons. The molecule has 0 aromatic heterocycles. The van der Waals surface area contributed by atoms with E-state index in [1.807, 2.05) is 6.07 Å². The molecule has 0 atom stereocenters. The zero-order chi connectivity index (χ0) is 9.10. The second-order valence-electron chi connectivity index (χ2n) is 3.61. The average molecular weight is 176 g/mol. The first-order valence-electron chi connectivity index (χ1n) is 4.83. The second kappa shape index (κ2) is 3.90. The van der Waals surface area contributed by atoms with Gasteiger partial charge in [0.2, 0.25) is 0 Å². The summed E-state index contributed by atoms with van der Waals surface area (Å²) in [4.78, 5) is 0. The van der Waals surface area contributed by atoms with Crippen molar-refractivity contribution in [3.63, 3.8) is 0 Å². The normalized spacial score (nSPS) is 20.4. The zero-order valence-corrected chi connectivity index (χ0v) is 7.65. The first kappa shape index (κ1) is 8.73. The molecular weight excluding hydrogens is 162 g/mol. The van der Waals surface area contributed by atoms with E-state index in [0.717, 1.165) is 12.8 Å². The summed E-state index contributed by atoms with van der Waals surface area (Å²) in [5, 5.41) is 12.1. The Balaban J connectivity index is 2.03. The van der Waals surface area contributed by atoms with E-state index in [0.29, 0.717) is 19.0 Å². The Labute approximate surface area is 78.8 Å². The highest BCUT2D eigenvalue weighted by molar-refractivity contribution is 5.19. The predicted octanol–water partition coefficient (Wildman–Crippen LogP) is 2.36. The molecule has 0 bridgehead atoms. The third-order valence-corrected chi connectivity index (χ3v) is 2.72. The molecule has 1 saturated heterocycles. The van der Waals surface area contributed by atoms with Crippen molar-refractivity contribution in [2.75, 3.05) is 13.1 Å². The fraction of sp³-hybridized carbons (Fsp3) is 0.455. The van der Waals surface area contributed by atoms with Gasteiger partial charge in [-0.25, -0.2) is 0 Å². The number of hydroxylamine groups is 2. The zero-order valence-electron chi connectivity index (χ0n) is 7.65. The molecule has 2 rings (SSSR count). The van der Waals surface area contributed by atoms with Crippen LogP contribution in [0.2, 0.25) is 0 Å². The van der Waals surface area contributed by atoms with Gasteiger partial charge in [-0.2, -0.15) is 0 Å². The van der Waals surface area contributed by atoms with Gasteiger partial charge in [0.15, 0.2) is 0 Å². The van der Waals surface area contributed by atoms with E-state index in [4.69, 9.17) is 0 Å². The van der Waals surface area contributed by atoms with Gasteiger partial charge in [0.1, 0.15) is 0 Å². The van der Waals surface area contributed by atoms with Crippen molar-refractivity contribution < 1.29 is 0 Å². The molecule has 0 saturated carbocycles. The van der Waals surface area contributed by atoms with Crippen molar-refractivity contribution in [2.24, 2.45) is 0 Å². The Bertz CT molecular complexity index is 252. The lowest BCUT2D eigenvalue weighted by atomic mass is 9.90. The van der Waals surface area contributed by atoms with Gasteiger partial charge < -0.3 is 10.3 Å². The third-order valence-electron chi connectivity index (χ3n) is 2.72. The predicted molar refractivity (Wildman–Crippen MR) is 53.4 cm³/mol. The molecule has 0 N–H and O–H groups in total. The van der Waals surface area contributed by atoms with Gasteiger partial charge in [0, 0.05) is 0 Å². The Morgan fingerprint density at radius 1 is 1.08 bits per heavy atom. The standard InChI is InChI=1S/C11H14NO/c13-12-8-6-11(7-9-12)10-4-2-1-3-5-10/h1-5,11H,6-9H2/q-1. The van der Waals surface area contributed by atoms with E-state index in [1.54, 1.807) is 0 Å². The minimum absolute atomic E-state index is 0.603. The number of rotatable bonds is 1. The van der Waals surface area contributed by atoms with E-state index < -0.39 is 0 Å². The van der Waals surface area contributed by atoms with Crippen molar-refractivity contribution >= 4 is 0 Å². The smallest absolute Gasteiger partial charge is 0.0138 e. The first-order chi connectivity index (χ1) is 6.36. The van der Waals surface area contributed by atoms with Crippen LogP contribution in [0, 0.1) is 5.21 Å². The Hall–Kier alpha value is -0.860. The Kier molecular flexibility index (Phi) is 2.62. The average Bonchev–Trinajstić information content (AvgIpc) is 2.20. The molecule has 1 heterocycles. The molecule has 1 aromatic rings. The number of hydrogen-bond acceptors (Lipinski definition) is 2. The largest absolute Gasteiger partial charge is 0.785 e. The monoisotopic (exact) mass is 176 g/mol. The molecule has 13 heavy (non-hydrogen) atoms. The maximum atomic E-state index is 11.0. The van der Waals surface area contributed by atoms with Crippen molar-refractivity contribution in [3.8, 4) is 0 Å². The van der Waals surface area contributed by atoms with Gasteiger partial charge in [-0.3, -0.25) is 0 Å². The quantitative estimate of drug-likeness (QED) is 0.656. The number of benzene rings is 1. The van der Waals surface area contributed by atoms with Gasteiger partial charge >= 0.3 is 0 Å². The van der Waals surface area contributed by atoms with Crippen LogP contribution in [0.15, 0.2) is 30.3 Å². The summed E-state index contributed by atoms with van der Waals surface area (Å²) in [5.74, 6) is 0.603. The highest BCUT2D eigenvalue weighted by Crippen LogP contribution is 2.26. The minimum atomic E-state index is 0.603. The van der Waals surface area contributed by atoms with E-state index in [2.05, 4.69) is 24.3 Å². The summed E-state index contributed by atoms with van der Waals surface area (Å²) in [5.41, 5.74) is 1.38. The van der Waals surface area contributed by atoms with Crippen LogP contribution in [0.4, 0.5) is 0 Å². The van der Waals surface area contributed by atoms with Crippen molar-refractivity contribution in [1.82, 2.24) is 5.06 Å². The highest BCUT2D eigenvalue weighted by Gasteiger charge is 2.15. The van der Waals surface area contributed by atoms with Crippen molar-refractivity contribution in [2.45, 2.75) is 18.8 Å². The van der Waals surface area contributed by atoms with E-state index in [-0.39, 0.29) is 0 Å². The summed E-state index contributed by atoms with van der Waals surface area (Å²) in [6.45, 7) is 1.39. The van der Waals surface area contributed by atoms with Crippen LogP contribution in [0.1, 0.15) is 24.3 Å². The summed E-state index contributed by atoms with van der Waals surface area (Å²) in [7, 11) is 0. The summed E-state index contributed by atoms with van der Waals surface area (Å²) < 4.78 is 0. The van der Waals surface area contributed by atoms with Crippen LogP contribution >= 0.6 is 0 Å². The van der Waals surface area contributed by atoms with E-state index in [1.165, 1.54) is 10.6 Å². The SMILES string of the molecule is [O-]N1CCC(c2ccccc2)CC1. The van der Waals surface area contributed by atoms with Gasteiger partial charge in [-0.15, -0.1) is 0 Å². The first-order valence-corrected chi connectivity index (χ1v) is 4.83. The van der Waals surface area contributed by atoms with Crippen LogP contribution in [-0.4, -0.2) is 18.2 Å². The number of piperidine rings is 1. The van der Waals surface area contributed by atoms with Crippen LogP contribution < -0.4 is 0 Å². The molecule has 0 aliphatic carbocycles. The van der Waals surface area contributed by atoms with Gasteiger partial charge in [0.25, 0.3) is 0 Å². The van der Waals surface area contributed by atoms with Gasteiger partial charge in [-0.1, -0.05) is 30.3 Å². The molecule has 2 heteroatoms. The molecule has 0 amide bonds. The maximum Gasteiger partial charge on any atom is -0.0138 e. The summed E-state index contributed by atoms with van der Waals surface area (Å²) >= 11 is 0. The molecule has 2 nitrogen and oxygen atoms in total. The van der Waals surface area contributed by atoms with E-state index in [9.17, 15) is 5.21 Å². The van der Waals surface area contributed by atoms with E-state index >= 15 is 0 Å². The molecule has 1 aromatic carbocycles.